The van der Waals surface area contributed by atoms with Crippen molar-refractivity contribution in [3.05, 3.63) is 29.6 Å². The van der Waals surface area contributed by atoms with Crippen molar-refractivity contribution in [3.8, 4) is 5.75 Å². The van der Waals surface area contributed by atoms with Crippen LogP contribution in [0, 0.1) is 5.82 Å². The lowest BCUT2D eigenvalue weighted by atomic mass is 9.97. The highest BCUT2D eigenvalue weighted by Crippen LogP contribution is 2.29. The molecule has 1 saturated heterocycles. The maximum absolute atomic E-state index is 13.8. The molecule has 1 aromatic carbocycles. The van der Waals surface area contributed by atoms with E-state index in [2.05, 4.69) is 4.90 Å². The number of hydrogen-bond donors (Lipinski definition) is 1. The van der Waals surface area contributed by atoms with E-state index in [9.17, 15) is 9.18 Å². The number of halogens is 1. The van der Waals surface area contributed by atoms with Crippen molar-refractivity contribution >= 4 is 5.91 Å². The zero-order valence-corrected chi connectivity index (χ0v) is 14.3. The zero-order chi connectivity index (χ0) is 17.2. The van der Waals surface area contributed by atoms with Crippen LogP contribution < -0.4 is 10.5 Å². The van der Waals surface area contributed by atoms with E-state index >= 15 is 0 Å². The fraction of sp³-hybridized carbons (Fsp3) is 0.611. The topological polar surface area (TPSA) is 58.8 Å². The highest BCUT2D eigenvalue weighted by molar-refractivity contribution is 5.86. The number of carbonyl (C=O) groups is 1. The van der Waals surface area contributed by atoms with Crippen molar-refractivity contribution in [2.45, 2.75) is 37.8 Å². The Labute approximate surface area is 142 Å². The average Bonchev–Trinajstić information content (AvgIpc) is 3.03. The molecule has 1 amide bonds. The van der Waals surface area contributed by atoms with Gasteiger partial charge in [-0.1, -0.05) is 18.9 Å². The summed E-state index contributed by atoms with van der Waals surface area (Å²) in [5.74, 6) is 0.0317. The van der Waals surface area contributed by atoms with Crippen LogP contribution >= 0.6 is 0 Å². The Hall–Kier alpha value is -1.66. The summed E-state index contributed by atoms with van der Waals surface area (Å²) in [6.45, 7) is 3.63. The first-order valence-corrected chi connectivity index (χ1v) is 8.65. The van der Waals surface area contributed by atoms with Crippen LogP contribution in [0.4, 0.5) is 4.39 Å². The molecule has 0 bridgehead atoms. The molecule has 2 aliphatic rings. The van der Waals surface area contributed by atoms with E-state index in [1.807, 2.05) is 11.0 Å². The van der Waals surface area contributed by atoms with Crippen molar-refractivity contribution in [1.82, 2.24) is 9.80 Å². The summed E-state index contributed by atoms with van der Waals surface area (Å²) >= 11 is 0. The molecule has 0 atom stereocenters. The molecule has 2 N–H and O–H groups in total. The van der Waals surface area contributed by atoms with Gasteiger partial charge in [0.05, 0.1) is 12.6 Å². The first-order valence-electron chi connectivity index (χ1n) is 8.65. The van der Waals surface area contributed by atoms with E-state index in [0.717, 1.165) is 44.3 Å². The molecule has 0 spiro atoms. The summed E-state index contributed by atoms with van der Waals surface area (Å²) < 4.78 is 18.7. The van der Waals surface area contributed by atoms with Crippen LogP contribution in [0.25, 0.3) is 0 Å². The molecule has 1 saturated carbocycles. The lowest BCUT2D eigenvalue weighted by molar-refractivity contribution is -0.138. The summed E-state index contributed by atoms with van der Waals surface area (Å²) in [7, 11) is 1.46. The average molecular weight is 335 g/mol. The minimum absolute atomic E-state index is 0.107. The summed E-state index contributed by atoms with van der Waals surface area (Å²) in [5.41, 5.74) is 6.56. The van der Waals surface area contributed by atoms with Crippen LogP contribution in [0.2, 0.25) is 0 Å². The molecule has 1 aliphatic heterocycles. The minimum Gasteiger partial charge on any atom is -0.494 e. The van der Waals surface area contributed by atoms with Gasteiger partial charge in [-0.05, 0) is 30.5 Å². The molecule has 5 nitrogen and oxygen atoms in total. The maximum Gasteiger partial charge on any atom is 0.242 e. The molecule has 0 radical (unpaired) electrons. The van der Waals surface area contributed by atoms with E-state index in [1.165, 1.54) is 13.2 Å². The van der Waals surface area contributed by atoms with Gasteiger partial charge < -0.3 is 15.4 Å². The fourth-order valence-corrected chi connectivity index (χ4v) is 3.71. The van der Waals surface area contributed by atoms with Crippen molar-refractivity contribution in [2.24, 2.45) is 5.73 Å². The molecule has 0 aromatic heterocycles. The second-order valence-electron chi connectivity index (χ2n) is 6.90. The molecule has 132 valence electrons. The van der Waals surface area contributed by atoms with Gasteiger partial charge in [0.15, 0.2) is 11.6 Å². The number of benzene rings is 1. The number of nitrogens with two attached hydrogens (primary N) is 1. The molecule has 2 fully saturated rings. The Kier molecular flexibility index (Phi) is 5.06. The van der Waals surface area contributed by atoms with Gasteiger partial charge >= 0.3 is 0 Å². The zero-order valence-electron chi connectivity index (χ0n) is 14.3. The van der Waals surface area contributed by atoms with Crippen LogP contribution in [0.5, 0.6) is 5.75 Å². The van der Waals surface area contributed by atoms with Gasteiger partial charge in [-0.2, -0.15) is 0 Å². The highest BCUT2D eigenvalue weighted by Gasteiger charge is 2.40. The number of nitrogens with zero attached hydrogens (tertiary/aromatic N) is 2. The summed E-state index contributed by atoms with van der Waals surface area (Å²) in [6, 6.07) is 5.05. The maximum atomic E-state index is 13.8. The van der Waals surface area contributed by atoms with Crippen LogP contribution in [0.15, 0.2) is 18.2 Å². The van der Waals surface area contributed by atoms with Gasteiger partial charge in [-0.25, -0.2) is 4.39 Å². The van der Waals surface area contributed by atoms with Crippen molar-refractivity contribution in [3.63, 3.8) is 0 Å². The van der Waals surface area contributed by atoms with Crippen LogP contribution in [-0.4, -0.2) is 54.5 Å². The Bertz CT molecular complexity index is 594. The third kappa shape index (κ3) is 3.54. The molecular weight excluding hydrogens is 309 g/mol. The van der Waals surface area contributed by atoms with Gasteiger partial charge in [0.25, 0.3) is 0 Å². The van der Waals surface area contributed by atoms with E-state index < -0.39 is 5.54 Å². The largest absolute Gasteiger partial charge is 0.494 e. The number of amides is 1. The number of carbonyl (C=O) groups excluding carboxylic acids is 1. The smallest absolute Gasteiger partial charge is 0.242 e. The van der Waals surface area contributed by atoms with Gasteiger partial charge in [0.2, 0.25) is 5.91 Å². The lowest BCUT2D eigenvalue weighted by Crippen LogP contribution is -2.58. The van der Waals surface area contributed by atoms with Gasteiger partial charge in [0, 0.05) is 32.7 Å². The SMILES string of the molecule is COc1ccc(CN2CCN(C(=O)C3(N)CCCC3)CC2)cc1F. The van der Waals surface area contributed by atoms with Gasteiger partial charge in [0.1, 0.15) is 0 Å². The van der Waals surface area contributed by atoms with Gasteiger partial charge in [-0.15, -0.1) is 0 Å². The normalized spacial score (nSPS) is 21.0. The predicted octanol–water partition coefficient (Wildman–Crippen LogP) is 1.75. The lowest BCUT2D eigenvalue weighted by Gasteiger charge is -2.38. The third-order valence-corrected chi connectivity index (χ3v) is 5.20. The molecular formula is C18H26FN3O2. The molecule has 3 rings (SSSR count). The second-order valence-corrected chi connectivity index (χ2v) is 6.90. The van der Waals surface area contributed by atoms with Crippen molar-refractivity contribution < 1.29 is 13.9 Å². The fourth-order valence-electron chi connectivity index (χ4n) is 3.71. The number of hydrogen-bond acceptors (Lipinski definition) is 4. The quantitative estimate of drug-likeness (QED) is 0.911. The van der Waals surface area contributed by atoms with E-state index in [4.69, 9.17) is 10.5 Å². The van der Waals surface area contributed by atoms with Gasteiger partial charge in [-0.3, -0.25) is 9.69 Å². The van der Waals surface area contributed by atoms with E-state index in [-0.39, 0.29) is 17.5 Å². The first-order chi connectivity index (χ1) is 11.5. The molecule has 1 heterocycles. The van der Waals surface area contributed by atoms with E-state index in [0.29, 0.717) is 19.6 Å². The monoisotopic (exact) mass is 335 g/mol. The second kappa shape index (κ2) is 7.07. The van der Waals surface area contributed by atoms with Crippen molar-refractivity contribution in [2.75, 3.05) is 33.3 Å². The van der Waals surface area contributed by atoms with Crippen molar-refractivity contribution in [1.29, 1.82) is 0 Å². The Morgan fingerprint density at radius 2 is 1.92 bits per heavy atom. The summed E-state index contributed by atoms with van der Waals surface area (Å²) in [4.78, 5) is 16.8. The third-order valence-electron chi connectivity index (χ3n) is 5.20. The molecule has 1 aromatic rings. The Morgan fingerprint density at radius 1 is 1.25 bits per heavy atom. The molecule has 0 unspecified atom stereocenters. The summed E-state index contributed by atoms with van der Waals surface area (Å²) in [5, 5.41) is 0. The Morgan fingerprint density at radius 3 is 2.50 bits per heavy atom. The number of piperazine rings is 1. The number of methoxy groups -OCH3 is 1. The molecule has 1 aliphatic carbocycles. The summed E-state index contributed by atoms with van der Waals surface area (Å²) in [6.07, 6.45) is 3.70. The minimum atomic E-state index is -0.638. The number of rotatable bonds is 4. The predicted molar refractivity (Wildman–Crippen MR) is 90.2 cm³/mol. The molecule has 6 heteroatoms. The molecule has 24 heavy (non-hydrogen) atoms. The standard InChI is InChI=1S/C18H26FN3O2/c1-24-16-5-4-14(12-15(16)19)13-21-8-10-22(11-9-21)17(23)18(20)6-2-3-7-18/h4-5,12H,2-3,6-11,13,20H2,1H3. The van der Waals surface area contributed by atoms with Crippen LogP contribution in [-0.2, 0) is 11.3 Å². The van der Waals surface area contributed by atoms with E-state index in [1.54, 1.807) is 6.07 Å². The number of ether oxygens (including phenoxy) is 1. The first kappa shape index (κ1) is 17.2. The Balaban J connectivity index is 1.53. The van der Waals surface area contributed by atoms with Crippen LogP contribution in [0.3, 0.4) is 0 Å². The highest BCUT2D eigenvalue weighted by atomic mass is 19.1. The van der Waals surface area contributed by atoms with Crippen LogP contribution in [0.1, 0.15) is 31.2 Å².